The minimum absolute atomic E-state index is 0.417. The molecule has 3 aromatic rings. The smallest absolute Gasteiger partial charge is 0.124 e. The Morgan fingerprint density at radius 3 is 2.54 bits per heavy atom. The van der Waals surface area contributed by atoms with Gasteiger partial charge in [0.2, 0.25) is 0 Å². The van der Waals surface area contributed by atoms with Crippen LogP contribution in [0.5, 0.6) is 5.75 Å². The third-order valence-corrected chi connectivity index (χ3v) is 5.38. The topological polar surface area (TPSA) is 21.3 Å². The van der Waals surface area contributed by atoms with Crippen LogP contribution in [-0.4, -0.2) is 6.04 Å². The maximum absolute atomic E-state index is 6.08. The van der Waals surface area contributed by atoms with Crippen LogP contribution in [-0.2, 0) is 19.6 Å². The van der Waals surface area contributed by atoms with E-state index in [4.69, 9.17) is 16.3 Å². The van der Waals surface area contributed by atoms with Gasteiger partial charge in [0.25, 0.3) is 0 Å². The monoisotopic (exact) mass is 457 g/mol. The molecule has 2 nitrogen and oxygen atoms in total. The van der Waals surface area contributed by atoms with Crippen LogP contribution in [0.4, 0.5) is 0 Å². The van der Waals surface area contributed by atoms with E-state index in [1.807, 2.05) is 36.4 Å². The lowest BCUT2D eigenvalue weighted by Gasteiger charge is -2.17. The minimum Gasteiger partial charge on any atom is -0.489 e. The predicted molar refractivity (Wildman–Crippen MR) is 121 cm³/mol. The van der Waals surface area contributed by atoms with E-state index in [1.54, 1.807) is 0 Å². The summed E-state index contributed by atoms with van der Waals surface area (Å²) in [7, 11) is 0. The zero-order valence-electron chi connectivity index (χ0n) is 16.0. The number of rotatable bonds is 9. The van der Waals surface area contributed by atoms with Crippen LogP contribution < -0.4 is 10.1 Å². The molecule has 0 aliphatic carbocycles. The highest BCUT2D eigenvalue weighted by Crippen LogP contribution is 2.25. The molecule has 3 rings (SSSR count). The maximum atomic E-state index is 6.08. The van der Waals surface area contributed by atoms with Crippen molar-refractivity contribution in [3.8, 4) is 5.75 Å². The summed E-state index contributed by atoms with van der Waals surface area (Å²) in [6.07, 6.45) is 2.17. The second-order valence-electron chi connectivity index (χ2n) is 6.98. The summed E-state index contributed by atoms with van der Waals surface area (Å²) in [5.74, 6) is 0.894. The van der Waals surface area contributed by atoms with E-state index in [2.05, 4.69) is 64.6 Å². The third-order valence-electron chi connectivity index (χ3n) is 4.66. The fourth-order valence-corrected chi connectivity index (χ4v) is 3.65. The molecule has 146 valence electrons. The first kappa shape index (κ1) is 20.9. The standard InChI is InChI=1S/C24H25BrClNO/c1-18(10-11-19-6-3-2-4-7-19)27-16-21-15-22(25)12-13-24(21)28-17-20-8-5-9-23(26)14-20/h2-9,12-15,18,27H,10-11,16-17H2,1H3/t18-/m0/s1. The van der Waals surface area contributed by atoms with Gasteiger partial charge in [0.1, 0.15) is 12.4 Å². The van der Waals surface area contributed by atoms with Gasteiger partial charge in [-0.2, -0.15) is 0 Å². The molecule has 0 bridgehead atoms. The molecule has 0 saturated heterocycles. The molecule has 0 saturated carbocycles. The molecule has 4 heteroatoms. The SMILES string of the molecule is C[C@@H](CCc1ccccc1)NCc1cc(Br)ccc1OCc1cccc(Cl)c1. The number of aryl methyl sites for hydroxylation is 1. The van der Waals surface area contributed by atoms with Gasteiger partial charge in [0.05, 0.1) is 0 Å². The summed E-state index contributed by atoms with van der Waals surface area (Å²) >= 11 is 9.63. The van der Waals surface area contributed by atoms with Crippen molar-refractivity contribution in [2.45, 2.75) is 39.0 Å². The fourth-order valence-electron chi connectivity index (χ4n) is 3.03. The normalized spacial score (nSPS) is 12.0. The van der Waals surface area contributed by atoms with Crippen molar-refractivity contribution in [1.29, 1.82) is 0 Å². The molecule has 0 spiro atoms. The highest BCUT2D eigenvalue weighted by Gasteiger charge is 2.08. The molecule has 0 fully saturated rings. The Balaban J connectivity index is 1.56. The van der Waals surface area contributed by atoms with E-state index >= 15 is 0 Å². The Kier molecular flexibility index (Phi) is 7.96. The van der Waals surface area contributed by atoms with Crippen LogP contribution in [0.3, 0.4) is 0 Å². The van der Waals surface area contributed by atoms with Crippen LogP contribution in [0, 0.1) is 0 Å². The molecule has 0 aliphatic rings. The largest absolute Gasteiger partial charge is 0.489 e. The van der Waals surface area contributed by atoms with Crippen molar-refractivity contribution < 1.29 is 4.74 Å². The summed E-state index contributed by atoms with van der Waals surface area (Å²) in [5, 5.41) is 4.35. The second kappa shape index (κ2) is 10.7. The Hall–Kier alpha value is -1.81. The fraction of sp³-hybridized carbons (Fsp3) is 0.250. The van der Waals surface area contributed by atoms with Gasteiger partial charge in [-0.15, -0.1) is 0 Å². The molecule has 0 heterocycles. The number of hydrogen-bond donors (Lipinski definition) is 1. The zero-order chi connectivity index (χ0) is 19.8. The summed E-state index contributed by atoms with van der Waals surface area (Å²) in [5.41, 5.74) is 3.58. The number of ether oxygens (including phenoxy) is 1. The van der Waals surface area contributed by atoms with Crippen LogP contribution in [0.15, 0.2) is 77.3 Å². The molecular formula is C24H25BrClNO. The van der Waals surface area contributed by atoms with Gasteiger partial charge in [-0.05, 0) is 61.2 Å². The molecule has 0 radical (unpaired) electrons. The molecule has 0 unspecified atom stereocenters. The number of halogens is 2. The quantitative estimate of drug-likeness (QED) is 0.381. The van der Waals surface area contributed by atoms with Gasteiger partial charge in [-0.1, -0.05) is 70.0 Å². The zero-order valence-corrected chi connectivity index (χ0v) is 18.3. The summed E-state index contributed by atoms with van der Waals surface area (Å²) in [6, 6.07) is 24.9. The average Bonchev–Trinajstić information content (AvgIpc) is 2.71. The lowest BCUT2D eigenvalue weighted by Crippen LogP contribution is -2.26. The number of hydrogen-bond acceptors (Lipinski definition) is 2. The lowest BCUT2D eigenvalue weighted by atomic mass is 10.1. The molecule has 0 aromatic heterocycles. The minimum atomic E-state index is 0.417. The van der Waals surface area contributed by atoms with Crippen molar-refractivity contribution in [2.24, 2.45) is 0 Å². The van der Waals surface area contributed by atoms with E-state index in [1.165, 1.54) is 5.56 Å². The second-order valence-corrected chi connectivity index (χ2v) is 8.33. The van der Waals surface area contributed by atoms with E-state index in [0.29, 0.717) is 12.6 Å². The van der Waals surface area contributed by atoms with E-state index in [0.717, 1.165) is 45.8 Å². The van der Waals surface area contributed by atoms with Crippen LogP contribution in [0.2, 0.25) is 5.02 Å². The van der Waals surface area contributed by atoms with E-state index < -0.39 is 0 Å². The molecule has 0 amide bonds. The summed E-state index contributed by atoms with van der Waals surface area (Å²) in [4.78, 5) is 0. The van der Waals surface area contributed by atoms with Crippen molar-refractivity contribution in [1.82, 2.24) is 5.32 Å². The Labute approximate surface area is 181 Å². The van der Waals surface area contributed by atoms with Gasteiger partial charge in [0.15, 0.2) is 0 Å². The van der Waals surface area contributed by atoms with E-state index in [9.17, 15) is 0 Å². The average molecular weight is 459 g/mol. The van der Waals surface area contributed by atoms with Gasteiger partial charge in [0, 0.05) is 27.6 Å². The summed E-state index contributed by atoms with van der Waals surface area (Å²) in [6.45, 7) is 3.49. The molecule has 28 heavy (non-hydrogen) atoms. The van der Waals surface area contributed by atoms with E-state index in [-0.39, 0.29) is 0 Å². The van der Waals surface area contributed by atoms with Crippen molar-refractivity contribution >= 4 is 27.5 Å². The maximum Gasteiger partial charge on any atom is 0.124 e. The van der Waals surface area contributed by atoms with Crippen LogP contribution in [0.25, 0.3) is 0 Å². The first-order valence-corrected chi connectivity index (χ1v) is 10.7. The van der Waals surface area contributed by atoms with Crippen molar-refractivity contribution in [3.05, 3.63) is 99.0 Å². The molecule has 1 atom stereocenters. The van der Waals surface area contributed by atoms with Crippen molar-refractivity contribution in [2.75, 3.05) is 0 Å². The number of nitrogens with one attached hydrogen (secondary N) is 1. The molecule has 1 N–H and O–H groups in total. The van der Waals surface area contributed by atoms with Crippen LogP contribution in [0.1, 0.15) is 30.0 Å². The summed E-state index contributed by atoms with van der Waals surface area (Å²) < 4.78 is 7.13. The van der Waals surface area contributed by atoms with Gasteiger partial charge >= 0.3 is 0 Å². The Morgan fingerprint density at radius 2 is 1.75 bits per heavy atom. The molecule has 0 aliphatic heterocycles. The number of benzene rings is 3. The first-order chi connectivity index (χ1) is 13.6. The third kappa shape index (κ3) is 6.66. The molecule has 3 aromatic carbocycles. The predicted octanol–water partition coefficient (Wildman–Crippen LogP) is 6.79. The van der Waals surface area contributed by atoms with Crippen molar-refractivity contribution in [3.63, 3.8) is 0 Å². The van der Waals surface area contributed by atoms with Gasteiger partial charge in [-0.25, -0.2) is 0 Å². The molecular weight excluding hydrogens is 434 g/mol. The van der Waals surface area contributed by atoms with Gasteiger partial charge < -0.3 is 10.1 Å². The first-order valence-electron chi connectivity index (χ1n) is 9.53. The highest BCUT2D eigenvalue weighted by atomic mass is 79.9. The Morgan fingerprint density at radius 1 is 0.964 bits per heavy atom. The van der Waals surface area contributed by atoms with Crippen LogP contribution >= 0.6 is 27.5 Å². The Bertz CT molecular complexity index is 885. The van der Waals surface area contributed by atoms with Gasteiger partial charge in [-0.3, -0.25) is 0 Å². The lowest BCUT2D eigenvalue weighted by molar-refractivity contribution is 0.301. The highest BCUT2D eigenvalue weighted by molar-refractivity contribution is 9.10.